The Balaban J connectivity index is 2.25. The van der Waals surface area contributed by atoms with E-state index in [1.807, 2.05) is 24.3 Å². The van der Waals surface area contributed by atoms with Crippen molar-refractivity contribution in [3.05, 3.63) is 64.7 Å². The van der Waals surface area contributed by atoms with E-state index in [2.05, 4.69) is 0 Å². The molecule has 4 N–H and O–H groups in total. The highest BCUT2D eigenvalue weighted by atomic mass is 16.3. The molecule has 0 spiro atoms. The lowest BCUT2D eigenvalue weighted by Gasteiger charge is -2.28. The molecule has 0 fully saturated rings. The molecule has 0 heterocycles. The molecule has 0 radical (unpaired) electrons. The third-order valence-corrected chi connectivity index (χ3v) is 3.29. The number of fused-ring (bicyclic) bond motifs is 2. The van der Waals surface area contributed by atoms with E-state index in [4.69, 9.17) is 5.73 Å². The average Bonchev–Trinajstić information content (AvgIpc) is 2.36. The van der Waals surface area contributed by atoms with Gasteiger partial charge in [0.1, 0.15) is 12.2 Å². The molecule has 0 aliphatic heterocycles. The van der Waals surface area contributed by atoms with Gasteiger partial charge in [0, 0.05) is 5.69 Å². The van der Waals surface area contributed by atoms with Gasteiger partial charge in [0.2, 0.25) is 0 Å². The fraction of sp³-hybridized carbons (Fsp3) is 0.143. The Hall–Kier alpha value is -1.84. The summed E-state index contributed by atoms with van der Waals surface area (Å²) in [5.74, 6) is 0. The van der Waals surface area contributed by atoms with Gasteiger partial charge in [-0.25, -0.2) is 0 Å². The number of hydrogen-bond donors (Lipinski definition) is 3. The standard InChI is InChI=1S/C14H13NO2/c15-8-5-6-11-12(7-8)14(17)10-4-2-1-3-9(10)13(11)16/h1-7,13-14,16-17H,15H2. The minimum atomic E-state index is -0.715. The van der Waals surface area contributed by atoms with Crippen LogP contribution in [0.5, 0.6) is 0 Å². The Labute approximate surface area is 99.1 Å². The van der Waals surface area contributed by atoms with Gasteiger partial charge < -0.3 is 15.9 Å². The summed E-state index contributed by atoms with van der Waals surface area (Å²) >= 11 is 0. The zero-order valence-electron chi connectivity index (χ0n) is 9.17. The van der Waals surface area contributed by atoms with E-state index < -0.39 is 12.2 Å². The molecule has 2 aromatic carbocycles. The number of rotatable bonds is 0. The number of nitrogen functional groups attached to an aromatic ring is 1. The first-order valence-electron chi connectivity index (χ1n) is 5.53. The molecule has 2 unspecified atom stereocenters. The van der Waals surface area contributed by atoms with Crippen LogP contribution in [0.25, 0.3) is 0 Å². The largest absolute Gasteiger partial charge is 0.399 e. The van der Waals surface area contributed by atoms with E-state index >= 15 is 0 Å². The van der Waals surface area contributed by atoms with Crippen LogP contribution in [0.2, 0.25) is 0 Å². The number of aliphatic hydroxyl groups is 2. The fourth-order valence-electron chi connectivity index (χ4n) is 2.42. The summed E-state index contributed by atoms with van der Waals surface area (Å²) in [4.78, 5) is 0. The van der Waals surface area contributed by atoms with Crippen molar-refractivity contribution in [3.8, 4) is 0 Å². The first-order chi connectivity index (χ1) is 8.18. The Morgan fingerprint density at radius 1 is 0.765 bits per heavy atom. The van der Waals surface area contributed by atoms with Gasteiger partial charge in [-0.2, -0.15) is 0 Å². The van der Waals surface area contributed by atoms with E-state index in [1.165, 1.54) is 0 Å². The quantitative estimate of drug-likeness (QED) is 0.601. The lowest BCUT2D eigenvalue weighted by molar-refractivity contribution is 0.173. The van der Waals surface area contributed by atoms with Crippen LogP contribution in [-0.4, -0.2) is 10.2 Å². The van der Waals surface area contributed by atoms with Crippen LogP contribution in [0, 0.1) is 0 Å². The van der Waals surface area contributed by atoms with Crippen LogP contribution in [0.1, 0.15) is 34.5 Å². The lowest BCUT2D eigenvalue weighted by Crippen LogP contribution is -2.17. The van der Waals surface area contributed by atoms with Crippen molar-refractivity contribution in [1.82, 2.24) is 0 Å². The van der Waals surface area contributed by atoms with Crippen LogP contribution < -0.4 is 5.73 Å². The maximum atomic E-state index is 10.3. The van der Waals surface area contributed by atoms with E-state index in [0.717, 1.165) is 16.7 Å². The van der Waals surface area contributed by atoms with Gasteiger partial charge in [-0.15, -0.1) is 0 Å². The molecule has 3 nitrogen and oxygen atoms in total. The van der Waals surface area contributed by atoms with Gasteiger partial charge >= 0.3 is 0 Å². The predicted molar refractivity (Wildman–Crippen MR) is 65.4 cm³/mol. The summed E-state index contributed by atoms with van der Waals surface area (Å²) < 4.78 is 0. The molecule has 0 aromatic heterocycles. The summed E-state index contributed by atoms with van der Waals surface area (Å²) in [7, 11) is 0. The smallest absolute Gasteiger partial charge is 0.105 e. The topological polar surface area (TPSA) is 66.5 Å². The summed E-state index contributed by atoms with van der Waals surface area (Å²) in [6, 6.07) is 12.6. The number of benzene rings is 2. The number of aliphatic hydroxyl groups excluding tert-OH is 2. The number of anilines is 1. The molecule has 1 aliphatic carbocycles. The first-order valence-corrected chi connectivity index (χ1v) is 5.53. The van der Waals surface area contributed by atoms with Crippen molar-refractivity contribution in [3.63, 3.8) is 0 Å². The highest BCUT2D eigenvalue weighted by Gasteiger charge is 2.29. The molecule has 0 bridgehead atoms. The summed E-state index contributed by atoms with van der Waals surface area (Å²) in [6.07, 6.45) is -1.40. The predicted octanol–water partition coefficient (Wildman–Crippen LogP) is 1.75. The van der Waals surface area contributed by atoms with Crippen LogP contribution in [-0.2, 0) is 0 Å². The second-order valence-electron chi connectivity index (χ2n) is 4.32. The molecule has 17 heavy (non-hydrogen) atoms. The second-order valence-corrected chi connectivity index (χ2v) is 4.32. The Kier molecular flexibility index (Phi) is 2.18. The Bertz CT molecular complexity index is 580. The number of hydrogen-bond acceptors (Lipinski definition) is 3. The van der Waals surface area contributed by atoms with Gasteiger partial charge in [-0.05, 0) is 34.4 Å². The minimum Gasteiger partial charge on any atom is -0.399 e. The minimum absolute atomic E-state index is 0.592. The van der Waals surface area contributed by atoms with Gasteiger partial charge in [-0.3, -0.25) is 0 Å². The van der Waals surface area contributed by atoms with Crippen LogP contribution in [0.3, 0.4) is 0 Å². The first kappa shape index (κ1) is 10.3. The third-order valence-electron chi connectivity index (χ3n) is 3.29. The van der Waals surface area contributed by atoms with E-state index in [9.17, 15) is 10.2 Å². The van der Waals surface area contributed by atoms with E-state index in [0.29, 0.717) is 11.3 Å². The lowest BCUT2D eigenvalue weighted by atomic mass is 9.82. The molecule has 3 heteroatoms. The van der Waals surface area contributed by atoms with E-state index in [1.54, 1.807) is 18.2 Å². The third kappa shape index (κ3) is 1.44. The molecule has 2 atom stereocenters. The van der Waals surface area contributed by atoms with Crippen LogP contribution in [0.15, 0.2) is 42.5 Å². The molecular weight excluding hydrogens is 214 g/mol. The summed E-state index contributed by atoms with van der Waals surface area (Å²) in [6.45, 7) is 0. The van der Waals surface area contributed by atoms with Gasteiger partial charge in [0.15, 0.2) is 0 Å². The van der Waals surface area contributed by atoms with Crippen molar-refractivity contribution in [2.24, 2.45) is 0 Å². The van der Waals surface area contributed by atoms with Crippen molar-refractivity contribution in [1.29, 1.82) is 0 Å². The molecule has 3 rings (SSSR count). The molecule has 0 saturated heterocycles. The van der Waals surface area contributed by atoms with Crippen molar-refractivity contribution < 1.29 is 10.2 Å². The number of nitrogens with two attached hydrogens (primary N) is 1. The maximum absolute atomic E-state index is 10.3. The highest BCUT2D eigenvalue weighted by Crippen LogP contribution is 2.41. The fourth-order valence-corrected chi connectivity index (χ4v) is 2.42. The Morgan fingerprint density at radius 3 is 1.94 bits per heavy atom. The highest BCUT2D eigenvalue weighted by molar-refractivity contribution is 5.55. The average molecular weight is 227 g/mol. The van der Waals surface area contributed by atoms with Crippen LogP contribution in [0.4, 0.5) is 5.69 Å². The molecule has 0 saturated carbocycles. The maximum Gasteiger partial charge on any atom is 0.105 e. The molecule has 2 aromatic rings. The van der Waals surface area contributed by atoms with Gasteiger partial charge in [0.25, 0.3) is 0 Å². The molecule has 86 valence electrons. The monoisotopic (exact) mass is 227 g/mol. The SMILES string of the molecule is Nc1ccc2c(c1)C(O)c1ccccc1C2O. The van der Waals surface area contributed by atoms with Gasteiger partial charge in [0.05, 0.1) is 0 Å². The molecular formula is C14H13NO2. The Morgan fingerprint density at radius 2 is 1.29 bits per heavy atom. The van der Waals surface area contributed by atoms with Crippen molar-refractivity contribution in [2.75, 3.05) is 5.73 Å². The van der Waals surface area contributed by atoms with Crippen LogP contribution >= 0.6 is 0 Å². The summed E-state index contributed by atoms with van der Waals surface area (Å²) in [5, 5.41) is 20.6. The van der Waals surface area contributed by atoms with Crippen molar-refractivity contribution in [2.45, 2.75) is 12.2 Å². The zero-order chi connectivity index (χ0) is 12.0. The second kappa shape index (κ2) is 3.58. The normalized spacial score (nSPS) is 21.8. The van der Waals surface area contributed by atoms with Crippen molar-refractivity contribution >= 4 is 5.69 Å². The van der Waals surface area contributed by atoms with E-state index in [-0.39, 0.29) is 0 Å². The molecule has 0 amide bonds. The zero-order valence-corrected chi connectivity index (χ0v) is 9.17. The summed E-state index contributed by atoms with van der Waals surface area (Å²) in [5.41, 5.74) is 9.24. The van der Waals surface area contributed by atoms with Gasteiger partial charge in [-0.1, -0.05) is 30.3 Å². The molecule has 1 aliphatic rings.